The van der Waals surface area contributed by atoms with Crippen molar-refractivity contribution >= 4 is 5.69 Å². The minimum Gasteiger partial charge on any atom is -0.508 e. The number of pyridine rings is 1. The molecule has 2 aromatic rings. The molecule has 34 heavy (non-hydrogen) atoms. The van der Waals surface area contributed by atoms with Crippen LogP contribution >= 0.6 is 0 Å². The molecule has 2 heterocycles. The number of anilines is 1. The van der Waals surface area contributed by atoms with Gasteiger partial charge in [0.05, 0.1) is 11.9 Å². The van der Waals surface area contributed by atoms with Gasteiger partial charge in [-0.15, -0.1) is 0 Å². The Balaban J connectivity index is 1.36. The van der Waals surface area contributed by atoms with Gasteiger partial charge in [0.1, 0.15) is 5.75 Å². The fourth-order valence-corrected chi connectivity index (χ4v) is 6.96. The highest BCUT2D eigenvalue weighted by atomic mass is 16.7. The Bertz CT molecular complexity index is 929. The van der Waals surface area contributed by atoms with E-state index in [2.05, 4.69) is 29.3 Å². The fraction of sp³-hybridized carbons (Fsp3) is 0.621. The first-order valence-corrected chi connectivity index (χ1v) is 13.3. The lowest BCUT2D eigenvalue weighted by molar-refractivity contribution is -0.141. The van der Waals surface area contributed by atoms with Gasteiger partial charge in [0, 0.05) is 44.8 Å². The van der Waals surface area contributed by atoms with Gasteiger partial charge in [-0.2, -0.15) is 0 Å². The predicted molar refractivity (Wildman–Crippen MR) is 135 cm³/mol. The second kappa shape index (κ2) is 10.7. The van der Waals surface area contributed by atoms with E-state index in [9.17, 15) is 5.11 Å². The number of fused-ring (bicyclic) bond motifs is 1. The van der Waals surface area contributed by atoms with Crippen LogP contribution in [0.5, 0.6) is 5.75 Å². The van der Waals surface area contributed by atoms with Gasteiger partial charge in [0.2, 0.25) is 0 Å². The summed E-state index contributed by atoms with van der Waals surface area (Å²) in [6.45, 7) is 2.01. The molecule has 5 rings (SSSR count). The lowest BCUT2D eigenvalue weighted by Gasteiger charge is -2.40. The van der Waals surface area contributed by atoms with E-state index in [1.54, 1.807) is 14.2 Å². The number of aryl methyl sites for hydroxylation is 1. The first kappa shape index (κ1) is 23.6. The van der Waals surface area contributed by atoms with E-state index < -0.39 is 0 Å². The molecule has 1 N–H and O–H groups in total. The Labute approximate surface area is 204 Å². The summed E-state index contributed by atoms with van der Waals surface area (Å²) in [6, 6.07) is 10.6. The molecule has 3 aliphatic rings. The molecule has 0 radical (unpaired) electrons. The molecule has 2 aliphatic carbocycles. The van der Waals surface area contributed by atoms with E-state index in [0.29, 0.717) is 23.5 Å². The molecule has 0 bridgehead atoms. The average molecular weight is 465 g/mol. The van der Waals surface area contributed by atoms with Crippen LogP contribution in [-0.2, 0) is 15.9 Å². The molecule has 2 fully saturated rings. The molecule has 1 saturated heterocycles. The predicted octanol–water partition coefficient (Wildman–Crippen LogP) is 5.90. The lowest BCUT2D eigenvalue weighted by Crippen LogP contribution is -2.39. The van der Waals surface area contributed by atoms with Gasteiger partial charge in [0.25, 0.3) is 0 Å². The van der Waals surface area contributed by atoms with Gasteiger partial charge < -0.3 is 19.5 Å². The Morgan fingerprint density at radius 3 is 2.38 bits per heavy atom. The SMILES string of the molecule is COC(OC)C1CCN(c2ccc([C@H]3c4ccc(O)cc4CC[C@H]3C3CCCCC3)nc2)CC1. The molecule has 0 unspecified atom stereocenters. The Kier molecular flexibility index (Phi) is 7.40. The third-order valence-corrected chi connectivity index (χ3v) is 8.74. The summed E-state index contributed by atoms with van der Waals surface area (Å²) in [5, 5.41) is 10.1. The van der Waals surface area contributed by atoms with E-state index in [1.165, 1.54) is 61.0 Å². The second-order valence-electron chi connectivity index (χ2n) is 10.6. The van der Waals surface area contributed by atoms with Crippen molar-refractivity contribution in [3.8, 4) is 5.75 Å². The third kappa shape index (κ3) is 4.83. The first-order valence-electron chi connectivity index (χ1n) is 13.3. The van der Waals surface area contributed by atoms with Crippen LogP contribution in [0.1, 0.15) is 74.1 Å². The maximum atomic E-state index is 10.1. The summed E-state index contributed by atoms with van der Waals surface area (Å²) in [6.07, 6.45) is 13.2. The molecule has 1 aromatic carbocycles. The number of rotatable bonds is 6. The van der Waals surface area contributed by atoms with Crippen LogP contribution in [0.25, 0.3) is 0 Å². The molecule has 184 valence electrons. The summed E-state index contributed by atoms with van der Waals surface area (Å²) < 4.78 is 11.0. The zero-order valence-electron chi connectivity index (χ0n) is 20.8. The van der Waals surface area contributed by atoms with E-state index in [0.717, 1.165) is 38.3 Å². The van der Waals surface area contributed by atoms with Gasteiger partial charge in [-0.05, 0) is 72.9 Å². The van der Waals surface area contributed by atoms with Gasteiger partial charge >= 0.3 is 0 Å². The number of hydrogen-bond acceptors (Lipinski definition) is 5. The lowest BCUT2D eigenvalue weighted by atomic mass is 9.65. The first-order chi connectivity index (χ1) is 16.7. The summed E-state index contributed by atoms with van der Waals surface area (Å²) in [7, 11) is 3.46. The monoisotopic (exact) mass is 464 g/mol. The number of hydrogen-bond donors (Lipinski definition) is 1. The van der Waals surface area contributed by atoms with Crippen LogP contribution in [0.4, 0.5) is 5.69 Å². The van der Waals surface area contributed by atoms with Crippen LogP contribution in [0, 0.1) is 17.8 Å². The van der Waals surface area contributed by atoms with Crippen LogP contribution in [0.15, 0.2) is 36.5 Å². The Morgan fingerprint density at radius 2 is 1.71 bits per heavy atom. The number of nitrogens with zero attached hydrogens (tertiary/aromatic N) is 2. The maximum Gasteiger partial charge on any atom is 0.159 e. The number of phenolic OH excluding ortho intramolecular Hbond substituents is 1. The summed E-state index contributed by atoms with van der Waals surface area (Å²) in [4.78, 5) is 7.52. The van der Waals surface area contributed by atoms with Gasteiger partial charge in [-0.25, -0.2) is 0 Å². The van der Waals surface area contributed by atoms with Crippen LogP contribution in [-0.4, -0.2) is 43.7 Å². The summed E-state index contributed by atoms with van der Waals surface area (Å²) >= 11 is 0. The Hall–Kier alpha value is -2.11. The van der Waals surface area contributed by atoms with Crippen molar-refractivity contribution < 1.29 is 14.6 Å². The number of phenols is 1. The largest absolute Gasteiger partial charge is 0.508 e. The van der Waals surface area contributed by atoms with Gasteiger partial charge in [-0.3, -0.25) is 4.98 Å². The fourth-order valence-electron chi connectivity index (χ4n) is 6.96. The van der Waals surface area contributed by atoms with Crippen LogP contribution in [0.3, 0.4) is 0 Å². The van der Waals surface area contributed by atoms with E-state index in [-0.39, 0.29) is 6.29 Å². The quantitative estimate of drug-likeness (QED) is 0.540. The smallest absolute Gasteiger partial charge is 0.159 e. The molecule has 2 atom stereocenters. The number of aromatic nitrogens is 1. The summed E-state index contributed by atoms with van der Waals surface area (Å²) in [5.74, 6) is 2.59. The highest BCUT2D eigenvalue weighted by molar-refractivity contribution is 5.48. The van der Waals surface area contributed by atoms with Crippen LogP contribution < -0.4 is 4.90 Å². The minimum atomic E-state index is -0.106. The van der Waals surface area contributed by atoms with Crippen molar-refractivity contribution in [2.75, 3.05) is 32.2 Å². The van der Waals surface area contributed by atoms with E-state index in [1.807, 2.05) is 12.1 Å². The number of ether oxygens (including phenoxy) is 2. The van der Waals surface area contributed by atoms with Crippen molar-refractivity contribution in [3.63, 3.8) is 0 Å². The molecule has 0 spiro atoms. The third-order valence-electron chi connectivity index (χ3n) is 8.74. The molecule has 1 aromatic heterocycles. The second-order valence-corrected chi connectivity index (χ2v) is 10.6. The zero-order chi connectivity index (χ0) is 23.5. The molecule has 1 aliphatic heterocycles. The molecule has 1 saturated carbocycles. The van der Waals surface area contributed by atoms with Crippen LogP contribution in [0.2, 0.25) is 0 Å². The molecule has 0 amide bonds. The molecule has 5 heteroatoms. The number of benzene rings is 1. The van der Waals surface area contributed by atoms with E-state index >= 15 is 0 Å². The minimum absolute atomic E-state index is 0.106. The molecular formula is C29H40N2O3. The topological polar surface area (TPSA) is 54.8 Å². The Morgan fingerprint density at radius 1 is 0.941 bits per heavy atom. The van der Waals surface area contributed by atoms with Crippen molar-refractivity contribution in [1.82, 2.24) is 4.98 Å². The van der Waals surface area contributed by atoms with Gasteiger partial charge in [0.15, 0.2) is 6.29 Å². The van der Waals surface area contributed by atoms with Gasteiger partial charge in [-0.1, -0.05) is 38.2 Å². The van der Waals surface area contributed by atoms with E-state index in [4.69, 9.17) is 14.5 Å². The normalized spacial score (nSPS) is 24.4. The van der Waals surface area contributed by atoms with Crippen molar-refractivity contribution in [3.05, 3.63) is 53.3 Å². The number of piperidine rings is 1. The maximum absolute atomic E-state index is 10.1. The van der Waals surface area contributed by atoms with Crippen molar-refractivity contribution in [2.24, 2.45) is 17.8 Å². The molecular weight excluding hydrogens is 424 g/mol. The number of methoxy groups -OCH3 is 2. The van der Waals surface area contributed by atoms with Crippen molar-refractivity contribution in [1.29, 1.82) is 0 Å². The summed E-state index contributed by atoms with van der Waals surface area (Å²) in [5.41, 5.74) is 5.09. The average Bonchev–Trinajstić information content (AvgIpc) is 2.90. The zero-order valence-corrected chi connectivity index (χ0v) is 20.8. The van der Waals surface area contributed by atoms with Crippen molar-refractivity contribution in [2.45, 2.75) is 70.0 Å². The molecule has 5 nitrogen and oxygen atoms in total. The highest BCUT2D eigenvalue weighted by Gasteiger charge is 2.37. The highest BCUT2D eigenvalue weighted by Crippen LogP contribution is 2.48. The standard InChI is InChI=1S/C29H40N2O3/c1-33-29(34-2)21-14-16-31(17-15-21)23-9-13-27(30-19-23)28-25(20-6-4-3-5-7-20)11-8-22-18-24(32)10-12-26(22)28/h9-10,12-13,18-21,25,28-29,32H,3-8,11,14-17H2,1-2H3/t25-,28+/m0/s1. The number of aromatic hydroxyl groups is 1.